The Morgan fingerprint density at radius 3 is 2.31 bits per heavy atom. The Labute approximate surface area is 201 Å². The summed E-state index contributed by atoms with van der Waals surface area (Å²) in [7, 11) is 3.06. The van der Waals surface area contributed by atoms with Crippen LogP contribution in [0.15, 0.2) is 59.4 Å². The molecule has 10 heteroatoms. The summed E-state index contributed by atoms with van der Waals surface area (Å²) in [4.78, 5) is 32.8. The zero-order valence-corrected chi connectivity index (χ0v) is 19.9. The minimum absolute atomic E-state index is 0.199. The maximum absolute atomic E-state index is 12.9. The predicted molar refractivity (Wildman–Crippen MR) is 134 cm³/mol. The maximum atomic E-state index is 12.9. The zero-order valence-electron chi connectivity index (χ0n) is 19.9. The molecule has 0 fully saturated rings. The van der Waals surface area contributed by atoms with Gasteiger partial charge in [-0.1, -0.05) is 37.3 Å². The van der Waals surface area contributed by atoms with Gasteiger partial charge < -0.3 is 14.8 Å². The molecule has 180 valence electrons. The van der Waals surface area contributed by atoms with Crippen molar-refractivity contribution in [1.29, 1.82) is 0 Å². The van der Waals surface area contributed by atoms with Crippen LogP contribution in [0.25, 0.3) is 17.2 Å². The van der Waals surface area contributed by atoms with Crippen LogP contribution in [0.4, 0.5) is 16.3 Å². The summed E-state index contributed by atoms with van der Waals surface area (Å²) in [6.45, 7) is 3.67. The van der Waals surface area contributed by atoms with Crippen LogP contribution in [-0.2, 0) is 6.42 Å². The highest BCUT2D eigenvalue weighted by Crippen LogP contribution is 2.27. The number of carbonyl (C=O) groups excluding carboxylic acids is 1. The van der Waals surface area contributed by atoms with Gasteiger partial charge in [-0.2, -0.15) is 9.78 Å². The number of aromatic nitrogens is 4. The van der Waals surface area contributed by atoms with E-state index in [2.05, 4.69) is 25.7 Å². The molecule has 0 saturated carbocycles. The standard InChI is InChI=1S/C25H26N6O4/c1-5-20-15(2)26-24(29-23(20)32)31-22(14-21(30-31)16-9-7-6-8-10-16)28-25(33)27-17-11-18(34-3)13-19(12-17)35-4/h6-14H,5H2,1-4H3,(H,26,29,32)(H2,27,28,33). The van der Waals surface area contributed by atoms with Crippen LogP contribution in [0.2, 0.25) is 0 Å². The van der Waals surface area contributed by atoms with Crippen molar-refractivity contribution >= 4 is 17.5 Å². The van der Waals surface area contributed by atoms with Crippen LogP contribution in [-0.4, -0.2) is 40.0 Å². The van der Waals surface area contributed by atoms with E-state index in [-0.39, 0.29) is 11.5 Å². The number of H-pyrrole nitrogens is 1. The van der Waals surface area contributed by atoms with Gasteiger partial charge in [-0.3, -0.25) is 15.1 Å². The van der Waals surface area contributed by atoms with E-state index in [0.29, 0.717) is 46.4 Å². The fourth-order valence-corrected chi connectivity index (χ4v) is 3.65. The largest absolute Gasteiger partial charge is 0.497 e. The van der Waals surface area contributed by atoms with Crippen LogP contribution < -0.4 is 25.7 Å². The Kier molecular flexibility index (Phi) is 6.81. The van der Waals surface area contributed by atoms with Crippen molar-refractivity contribution in [2.45, 2.75) is 20.3 Å². The molecule has 35 heavy (non-hydrogen) atoms. The van der Waals surface area contributed by atoms with Crippen molar-refractivity contribution in [2.24, 2.45) is 0 Å². The summed E-state index contributed by atoms with van der Waals surface area (Å²) in [5.74, 6) is 1.59. The number of benzene rings is 2. The van der Waals surface area contributed by atoms with Crippen molar-refractivity contribution in [2.75, 3.05) is 24.9 Å². The Hall–Kier alpha value is -4.60. The van der Waals surface area contributed by atoms with Crippen LogP contribution in [0.3, 0.4) is 0 Å². The van der Waals surface area contributed by atoms with Gasteiger partial charge in [0.1, 0.15) is 17.3 Å². The lowest BCUT2D eigenvalue weighted by atomic mass is 10.2. The van der Waals surface area contributed by atoms with Gasteiger partial charge in [0.15, 0.2) is 0 Å². The molecule has 2 aromatic heterocycles. The molecule has 2 amide bonds. The third kappa shape index (κ3) is 5.16. The Balaban J connectivity index is 1.71. The molecular weight excluding hydrogens is 448 g/mol. The average Bonchev–Trinajstić information content (AvgIpc) is 3.27. The van der Waals surface area contributed by atoms with Crippen molar-refractivity contribution in [3.05, 3.63) is 76.2 Å². The van der Waals surface area contributed by atoms with E-state index in [1.807, 2.05) is 37.3 Å². The van der Waals surface area contributed by atoms with E-state index in [4.69, 9.17) is 9.47 Å². The number of methoxy groups -OCH3 is 2. The number of anilines is 2. The topological polar surface area (TPSA) is 123 Å². The molecule has 0 spiro atoms. The summed E-state index contributed by atoms with van der Waals surface area (Å²) in [5.41, 5.74) is 2.87. The molecule has 4 aromatic rings. The van der Waals surface area contributed by atoms with E-state index in [1.54, 1.807) is 31.2 Å². The average molecular weight is 475 g/mol. The Morgan fingerprint density at radius 1 is 1.03 bits per heavy atom. The van der Waals surface area contributed by atoms with E-state index in [1.165, 1.54) is 18.9 Å². The molecule has 3 N–H and O–H groups in total. The highest BCUT2D eigenvalue weighted by molar-refractivity contribution is 6.00. The SMILES string of the molecule is CCc1c(C)nc(-n2nc(-c3ccccc3)cc2NC(=O)Nc2cc(OC)cc(OC)c2)[nH]c1=O. The lowest BCUT2D eigenvalue weighted by Crippen LogP contribution is -2.24. The zero-order chi connectivity index (χ0) is 24.9. The molecular formula is C25H26N6O4. The van der Waals surface area contributed by atoms with Gasteiger partial charge >= 0.3 is 6.03 Å². The number of ether oxygens (including phenoxy) is 2. The first kappa shape index (κ1) is 23.6. The van der Waals surface area contributed by atoms with Crippen LogP contribution >= 0.6 is 0 Å². The number of nitrogens with one attached hydrogen (secondary N) is 3. The van der Waals surface area contributed by atoms with Gasteiger partial charge in [0.05, 0.1) is 19.9 Å². The third-order valence-corrected chi connectivity index (χ3v) is 5.39. The van der Waals surface area contributed by atoms with Crippen LogP contribution in [0.1, 0.15) is 18.2 Å². The Bertz CT molecular complexity index is 1390. The fraction of sp³-hybridized carbons (Fsp3) is 0.200. The first-order valence-corrected chi connectivity index (χ1v) is 11.0. The van der Waals surface area contributed by atoms with Crippen molar-refractivity contribution in [3.8, 4) is 28.7 Å². The van der Waals surface area contributed by atoms with E-state index < -0.39 is 6.03 Å². The van der Waals surface area contributed by atoms with Crippen LogP contribution in [0, 0.1) is 6.92 Å². The van der Waals surface area contributed by atoms with Gasteiger partial charge in [-0.25, -0.2) is 9.78 Å². The van der Waals surface area contributed by atoms with E-state index in [0.717, 1.165) is 5.56 Å². The normalized spacial score (nSPS) is 10.6. The molecule has 0 bridgehead atoms. The minimum atomic E-state index is -0.523. The predicted octanol–water partition coefficient (Wildman–Crippen LogP) is 4.15. The third-order valence-electron chi connectivity index (χ3n) is 5.39. The first-order chi connectivity index (χ1) is 16.9. The molecule has 0 aliphatic heterocycles. The number of carbonyl (C=O) groups is 1. The number of amides is 2. The summed E-state index contributed by atoms with van der Waals surface area (Å²) in [6.07, 6.45) is 0.556. The lowest BCUT2D eigenvalue weighted by molar-refractivity contribution is 0.262. The molecule has 0 aliphatic carbocycles. The number of hydrogen-bond acceptors (Lipinski definition) is 6. The van der Waals surface area contributed by atoms with Crippen molar-refractivity contribution in [3.63, 3.8) is 0 Å². The van der Waals surface area contributed by atoms with Crippen LogP contribution in [0.5, 0.6) is 11.5 Å². The highest BCUT2D eigenvalue weighted by atomic mass is 16.5. The van der Waals surface area contributed by atoms with Crippen molar-refractivity contribution in [1.82, 2.24) is 19.7 Å². The number of aryl methyl sites for hydroxylation is 1. The molecule has 10 nitrogen and oxygen atoms in total. The second kappa shape index (κ2) is 10.1. The number of rotatable bonds is 7. The van der Waals surface area contributed by atoms with E-state index in [9.17, 15) is 9.59 Å². The van der Waals surface area contributed by atoms with Crippen molar-refractivity contribution < 1.29 is 14.3 Å². The molecule has 0 radical (unpaired) electrons. The molecule has 2 aromatic carbocycles. The van der Waals surface area contributed by atoms with Gasteiger partial charge in [-0.05, 0) is 13.3 Å². The fourth-order valence-electron chi connectivity index (χ4n) is 3.65. The van der Waals surface area contributed by atoms with Gasteiger partial charge in [0, 0.05) is 46.8 Å². The molecule has 4 rings (SSSR count). The first-order valence-electron chi connectivity index (χ1n) is 11.0. The van der Waals surface area contributed by atoms with E-state index >= 15 is 0 Å². The highest BCUT2D eigenvalue weighted by Gasteiger charge is 2.17. The molecule has 2 heterocycles. The number of urea groups is 1. The van der Waals surface area contributed by atoms with Gasteiger partial charge in [0.25, 0.3) is 5.56 Å². The smallest absolute Gasteiger partial charge is 0.324 e. The number of hydrogen-bond donors (Lipinski definition) is 3. The summed E-state index contributed by atoms with van der Waals surface area (Å²) < 4.78 is 11.9. The summed E-state index contributed by atoms with van der Waals surface area (Å²) >= 11 is 0. The summed E-state index contributed by atoms with van der Waals surface area (Å²) in [6, 6.07) is 15.7. The lowest BCUT2D eigenvalue weighted by Gasteiger charge is -2.12. The minimum Gasteiger partial charge on any atom is -0.497 e. The molecule has 0 unspecified atom stereocenters. The molecule has 0 atom stereocenters. The second-order valence-electron chi connectivity index (χ2n) is 7.68. The quantitative estimate of drug-likeness (QED) is 0.370. The monoisotopic (exact) mass is 474 g/mol. The number of nitrogens with zero attached hydrogens (tertiary/aromatic N) is 3. The van der Waals surface area contributed by atoms with Gasteiger partial charge in [-0.15, -0.1) is 0 Å². The molecule has 0 aliphatic rings. The van der Waals surface area contributed by atoms with Gasteiger partial charge in [0.2, 0.25) is 5.95 Å². The molecule has 0 saturated heterocycles. The number of aromatic amines is 1. The summed E-state index contributed by atoms with van der Waals surface area (Å²) in [5, 5.41) is 10.2. The second-order valence-corrected chi connectivity index (χ2v) is 7.68. The maximum Gasteiger partial charge on any atom is 0.324 e. The Morgan fingerprint density at radius 2 is 1.71 bits per heavy atom.